The third-order valence-electron chi connectivity index (χ3n) is 8.01. The lowest BCUT2D eigenvalue weighted by Gasteiger charge is -2.16. The first kappa shape index (κ1) is 65.2. The number of carboxylic acid groups (broad SMARTS) is 1. The molecule has 0 aromatic carbocycles. The standard InChI is InChI=1S/C20H40N2O4P2S2.C14H30O2P2S2.C6H12N2O3/c1-2-26-20(25)16-22-19(24)15-21-18(23)8-4-3-7-17(30-13-6-11-28)9-14-29-12-5-10-27;15-14(16)6-2-1-5-13(20-11-4-9-18)7-12-19-10-3-8-17;1-2-11-6(10)4-8-5(9)3-7/h17H,2-16,27-28H2,1H3,(H,21,23)(H,22,24);13H,1-12,17-18H2,(H,15,16);2-4,7H2,1H3,(H,8,9). The second-order valence-electron chi connectivity index (χ2n) is 13.4. The molecule has 3 amide bonds. The lowest BCUT2D eigenvalue weighted by Crippen LogP contribution is -2.39. The molecule has 6 atom stereocenters. The zero-order chi connectivity index (χ0) is 46.2. The normalized spacial score (nSPS) is 11.5. The van der Waals surface area contributed by atoms with E-state index in [2.05, 4.69) is 92.9 Å². The quantitative estimate of drug-likeness (QED) is 0.0268. The van der Waals surface area contributed by atoms with Gasteiger partial charge in [0, 0.05) is 23.3 Å². The van der Waals surface area contributed by atoms with E-state index in [4.69, 9.17) is 15.6 Å². The molecule has 0 aromatic rings. The van der Waals surface area contributed by atoms with Crippen LogP contribution in [-0.2, 0) is 38.2 Å². The number of hydrogen-bond donors (Lipinski definition) is 5. The molecule has 0 radical (unpaired) electrons. The highest BCUT2D eigenvalue weighted by Crippen LogP contribution is 2.25. The van der Waals surface area contributed by atoms with Gasteiger partial charge in [0.2, 0.25) is 17.7 Å². The van der Waals surface area contributed by atoms with Gasteiger partial charge in [0.05, 0.1) is 26.3 Å². The van der Waals surface area contributed by atoms with E-state index in [-0.39, 0.29) is 50.5 Å². The van der Waals surface area contributed by atoms with Crippen molar-refractivity contribution in [1.82, 2.24) is 16.0 Å². The monoisotopic (exact) mass is 1010 g/mol. The number of nitrogens with one attached hydrogen (secondary N) is 3. The highest BCUT2D eigenvalue weighted by Gasteiger charge is 2.12. The van der Waals surface area contributed by atoms with Crippen molar-refractivity contribution in [2.45, 2.75) is 114 Å². The van der Waals surface area contributed by atoms with Gasteiger partial charge < -0.3 is 36.3 Å². The van der Waals surface area contributed by atoms with Crippen molar-refractivity contribution >= 4 is 120 Å². The largest absolute Gasteiger partial charge is 0.481 e. The van der Waals surface area contributed by atoms with Gasteiger partial charge in [0.15, 0.2) is 0 Å². The first-order chi connectivity index (χ1) is 29.4. The van der Waals surface area contributed by atoms with Crippen molar-refractivity contribution in [1.29, 1.82) is 0 Å². The van der Waals surface area contributed by atoms with Crippen LogP contribution < -0.4 is 21.7 Å². The molecule has 61 heavy (non-hydrogen) atoms. The average molecular weight is 1020 g/mol. The second-order valence-corrected chi connectivity index (χ2v) is 21.0. The minimum Gasteiger partial charge on any atom is -0.481 e. The molecular formula is C40H82N4O9P4S4. The van der Waals surface area contributed by atoms with Crippen LogP contribution in [0.5, 0.6) is 0 Å². The van der Waals surface area contributed by atoms with Gasteiger partial charge in [-0.2, -0.15) is 47.0 Å². The minimum atomic E-state index is -0.662. The van der Waals surface area contributed by atoms with E-state index in [1.165, 1.54) is 97.9 Å². The Morgan fingerprint density at radius 3 is 1.34 bits per heavy atom. The number of carbonyl (C=O) groups excluding carboxylic acids is 5. The van der Waals surface area contributed by atoms with Gasteiger partial charge in [-0.3, -0.25) is 28.8 Å². The SMILES string of the molecule is CCOC(=O)CNC(=O)CN.CCOC(=O)CNC(=O)CNC(=O)CCCCC(CCSCCCP)SCCCP.O=C(O)CCCCC(CCSCCCP)SCCCP. The topological polar surface area (TPSA) is 203 Å². The molecule has 360 valence electrons. The smallest absolute Gasteiger partial charge is 0.325 e. The van der Waals surface area contributed by atoms with Gasteiger partial charge in [-0.05, 0) is 137 Å². The maximum Gasteiger partial charge on any atom is 0.325 e. The molecule has 6 N–H and O–H groups in total. The van der Waals surface area contributed by atoms with Crippen LogP contribution in [0.2, 0.25) is 0 Å². The number of carboxylic acids is 1. The van der Waals surface area contributed by atoms with Crippen molar-refractivity contribution in [2.75, 3.05) is 98.6 Å². The number of hydrogen-bond acceptors (Lipinski definition) is 13. The van der Waals surface area contributed by atoms with Crippen molar-refractivity contribution in [3.63, 3.8) is 0 Å². The Kier molecular flexibility index (Phi) is 56.1. The summed E-state index contributed by atoms with van der Waals surface area (Å²) in [6.07, 6.45) is 19.1. The number of rotatable bonds is 39. The average Bonchev–Trinajstić information content (AvgIpc) is 3.24. The fraction of sp³-hybridized carbons (Fsp3) is 0.850. The Morgan fingerprint density at radius 2 is 0.934 bits per heavy atom. The third kappa shape index (κ3) is 54.1. The summed E-state index contributed by atoms with van der Waals surface area (Å²) in [6.45, 7) is 3.49. The molecule has 0 aliphatic carbocycles. The van der Waals surface area contributed by atoms with Crippen LogP contribution in [0.3, 0.4) is 0 Å². The van der Waals surface area contributed by atoms with Crippen molar-refractivity contribution in [2.24, 2.45) is 5.73 Å². The first-order valence-corrected chi connectivity index (χ1v) is 29.3. The summed E-state index contributed by atoms with van der Waals surface area (Å²) >= 11 is 8.27. The number of aliphatic carboxylic acids is 1. The van der Waals surface area contributed by atoms with Crippen molar-refractivity contribution < 1.29 is 43.3 Å². The van der Waals surface area contributed by atoms with E-state index >= 15 is 0 Å². The molecule has 13 nitrogen and oxygen atoms in total. The van der Waals surface area contributed by atoms with E-state index in [1.807, 2.05) is 11.8 Å². The molecule has 0 aliphatic heterocycles. The fourth-order valence-electron chi connectivity index (χ4n) is 4.77. The van der Waals surface area contributed by atoms with Gasteiger partial charge in [-0.25, -0.2) is 0 Å². The maximum absolute atomic E-state index is 11.9. The van der Waals surface area contributed by atoms with Crippen LogP contribution in [0.25, 0.3) is 0 Å². The lowest BCUT2D eigenvalue weighted by molar-refractivity contribution is -0.143. The van der Waals surface area contributed by atoms with Gasteiger partial charge in [-0.1, -0.05) is 12.8 Å². The molecule has 0 fully saturated rings. The van der Waals surface area contributed by atoms with E-state index < -0.39 is 17.9 Å². The number of esters is 2. The first-order valence-electron chi connectivity index (χ1n) is 21.7. The van der Waals surface area contributed by atoms with E-state index in [1.54, 1.807) is 13.8 Å². The predicted molar refractivity (Wildman–Crippen MR) is 279 cm³/mol. The fourth-order valence-corrected chi connectivity index (χ4v) is 11.7. The molecule has 6 unspecified atom stereocenters. The number of carbonyl (C=O) groups is 6. The van der Waals surface area contributed by atoms with E-state index in [0.29, 0.717) is 24.7 Å². The number of thioether (sulfide) groups is 4. The maximum atomic E-state index is 11.9. The number of nitrogens with two attached hydrogens (primary N) is 1. The van der Waals surface area contributed by atoms with Crippen LogP contribution in [-0.4, -0.2) is 150 Å². The molecule has 0 bridgehead atoms. The molecule has 0 aromatic heterocycles. The second kappa shape index (κ2) is 52.5. The number of ether oxygens (including phenoxy) is 2. The van der Waals surface area contributed by atoms with Crippen molar-refractivity contribution in [3.05, 3.63) is 0 Å². The van der Waals surface area contributed by atoms with E-state index in [9.17, 15) is 28.8 Å². The Morgan fingerprint density at radius 1 is 0.525 bits per heavy atom. The van der Waals surface area contributed by atoms with Gasteiger partial charge in [-0.15, -0.1) is 37.0 Å². The zero-order valence-electron chi connectivity index (χ0n) is 37.1. The highest BCUT2D eigenvalue weighted by molar-refractivity contribution is 8.00. The molecule has 0 rings (SSSR count). The molecule has 0 spiro atoms. The molecule has 0 saturated heterocycles. The molecule has 21 heteroatoms. The molecular weight excluding hydrogens is 933 g/mol. The summed E-state index contributed by atoms with van der Waals surface area (Å²) in [5, 5.41) is 17.4. The predicted octanol–water partition coefficient (Wildman–Crippen LogP) is 6.11. The number of unbranched alkanes of at least 4 members (excludes halogenated alkanes) is 2. The Bertz CT molecular complexity index is 1100. The van der Waals surface area contributed by atoms with Crippen LogP contribution in [0, 0.1) is 0 Å². The lowest BCUT2D eigenvalue weighted by atomic mass is 10.1. The molecule has 0 heterocycles. The summed E-state index contributed by atoms with van der Waals surface area (Å²) in [6, 6.07) is 0. The van der Waals surface area contributed by atoms with Crippen LogP contribution >= 0.6 is 84.0 Å². The summed E-state index contributed by atoms with van der Waals surface area (Å²) < 4.78 is 9.27. The van der Waals surface area contributed by atoms with Gasteiger partial charge in [0.25, 0.3) is 0 Å². The summed E-state index contributed by atoms with van der Waals surface area (Å²) in [7, 11) is 11.1. The summed E-state index contributed by atoms with van der Waals surface area (Å²) in [5.74, 6) is 4.94. The molecule has 0 aliphatic rings. The third-order valence-corrected chi connectivity index (χ3v) is 14.8. The van der Waals surface area contributed by atoms with Crippen molar-refractivity contribution in [3.8, 4) is 0 Å². The minimum absolute atomic E-state index is 0.107. The Labute approximate surface area is 395 Å². The zero-order valence-corrected chi connectivity index (χ0v) is 45.0. The van der Waals surface area contributed by atoms with E-state index in [0.717, 1.165) is 43.5 Å². The van der Waals surface area contributed by atoms with Crippen LogP contribution in [0.1, 0.15) is 104 Å². The van der Waals surface area contributed by atoms with Gasteiger partial charge >= 0.3 is 17.9 Å². The Hall–Kier alpha value is -0.100. The van der Waals surface area contributed by atoms with Crippen LogP contribution in [0.4, 0.5) is 0 Å². The molecule has 0 saturated carbocycles. The Balaban J connectivity index is -0.000000927. The van der Waals surface area contributed by atoms with Crippen LogP contribution in [0.15, 0.2) is 0 Å². The van der Waals surface area contributed by atoms with Gasteiger partial charge in [0.1, 0.15) is 13.1 Å². The number of amides is 3. The summed E-state index contributed by atoms with van der Waals surface area (Å²) in [5.41, 5.74) is 4.97. The highest BCUT2D eigenvalue weighted by atomic mass is 32.2. The summed E-state index contributed by atoms with van der Waals surface area (Å²) in [4.78, 5) is 66.3.